The molecular weight excluding hydrogens is 132 g/mol. The van der Waals surface area contributed by atoms with Gasteiger partial charge in [0, 0.05) is 0 Å². The summed E-state index contributed by atoms with van der Waals surface area (Å²) in [6.07, 6.45) is 10.0. The second-order valence-electron chi connectivity index (χ2n) is 3.29. The van der Waals surface area contributed by atoms with Gasteiger partial charge in [0.15, 0.2) is 0 Å². The van der Waals surface area contributed by atoms with Crippen LogP contribution in [0.3, 0.4) is 0 Å². The molecular formula is C11H18. The third kappa shape index (κ3) is 2.21. The average molecular weight is 150 g/mol. The Hall–Kier alpha value is -0.520. The molecule has 0 bridgehead atoms. The van der Waals surface area contributed by atoms with Gasteiger partial charge < -0.3 is 0 Å². The molecule has 0 heterocycles. The molecule has 0 aromatic heterocycles. The van der Waals surface area contributed by atoms with Crippen LogP contribution in [0.1, 0.15) is 45.4 Å². The minimum Gasteiger partial charge on any atom is -0.0988 e. The zero-order valence-electron chi connectivity index (χ0n) is 7.53. The Morgan fingerprint density at radius 3 is 2.91 bits per heavy atom. The summed E-state index contributed by atoms with van der Waals surface area (Å²) >= 11 is 0. The van der Waals surface area contributed by atoms with E-state index >= 15 is 0 Å². The van der Waals surface area contributed by atoms with Crippen molar-refractivity contribution in [2.24, 2.45) is 0 Å². The monoisotopic (exact) mass is 150 g/mol. The van der Waals surface area contributed by atoms with Gasteiger partial charge in [0.1, 0.15) is 0 Å². The molecule has 0 fully saturated rings. The molecule has 0 aromatic rings. The number of rotatable bonds is 4. The van der Waals surface area contributed by atoms with E-state index in [1.54, 1.807) is 11.1 Å². The summed E-state index contributed by atoms with van der Waals surface area (Å²) in [5.74, 6) is 0. The van der Waals surface area contributed by atoms with Crippen LogP contribution in [-0.4, -0.2) is 0 Å². The van der Waals surface area contributed by atoms with E-state index in [9.17, 15) is 0 Å². The van der Waals surface area contributed by atoms with E-state index in [0.717, 1.165) is 0 Å². The van der Waals surface area contributed by atoms with E-state index in [2.05, 4.69) is 19.6 Å². The molecule has 0 saturated carbocycles. The van der Waals surface area contributed by atoms with Crippen LogP contribution in [0, 0.1) is 0 Å². The summed E-state index contributed by atoms with van der Waals surface area (Å²) in [5, 5.41) is 0. The molecule has 0 saturated heterocycles. The molecule has 0 unspecified atom stereocenters. The standard InChI is InChI=1S/C11H18/c1-3-5-7-11-9-6-8-10(11)4-2/h4H,2-3,5-9H2,1H3. The topological polar surface area (TPSA) is 0 Å². The first-order valence-corrected chi connectivity index (χ1v) is 4.71. The van der Waals surface area contributed by atoms with Crippen molar-refractivity contribution in [3.8, 4) is 0 Å². The Morgan fingerprint density at radius 1 is 1.45 bits per heavy atom. The van der Waals surface area contributed by atoms with Gasteiger partial charge in [-0.1, -0.05) is 31.6 Å². The van der Waals surface area contributed by atoms with Crippen LogP contribution in [0.5, 0.6) is 0 Å². The normalized spacial score (nSPS) is 17.5. The second-order valence-corrected chi connectivity index (χ2v) is 3.29. The first-order chi connectivity index (χ1) is 5.38. The van der Waals surface area contributed by atoms with Gasteiger partial charge in [0.2, 0.25) is 0 Å². The SMILES string of the molecule is C=CC1=C(CCCC)CCC1. The van der Waals surface area contributed by atoms with Crippen LogP contribution >= 0.6 is 0 Å². The molecule has 0 heteroatoms. The van der Waals surface area contributed by atoms with Gasteiger partial charge in [-0.15, -0.1) is 0 Å². The molecule has 1 aliphatic rings. The molecule has 0 nitrogen and oxygen atoms in total. The molecule has 0 aliphatic heterocycles. The fourth-order valence-corrected chi connectivity index (χ4v) is 1.75. The van der Waals surface area contributed by atoms with E-state index < -0.39 is 0 Å². The van der Waals surface area contributed by atoms with Gasteiger partial charge in [-0.05, 0) is 37.7 Å². The molecule has 62 valence electrons. The van der Waals surface area contributed by atoms with Crippen LogP contribution in [0.2, 0.25) is 0 Å². The maximum absolute atomic E-state index is 3.84. The van der Waals surface area contributed by atoms with Crippen molar-refractivity contribution in [2.45, 2.75) is 45.4 Å². The zero-order valence-corrected chi connectivity index (χ0v) is 7.53. The highest BCUT2D eigenvalue weighted by molar-refractivity contribution is 5.28. The fourth-order valence-electron chi connectivity index (χ4n) is 1.75. The van der Waals surface area contributed by atoms with E-state index in [1.807, 2.05) is 0 Å². The summed E-state index contributed by atoms with van der Waals surface area (Å²) < 4.78 is 0. The molecule has 0 aromatic carbocycles. The minimum absolute atomic E-state index is 1.28. The highest BCUT2D eigenvalue weighted by Crippen LogP contribution is 2.29. The van der Waals surface area contributed by atoms with E-state index in [4.69, 9.17) is 0 Å². The third-order valence-electron chi connectivity index (χ3n) is 2.46. The number of hydrogen-bond acceptors (Lipinski definition) is 0. The molecule has 1 aliphatic carbocycles. The first kappa shape index (κ1) is 8.58. The van der Waals surface area contributed by atoms with Crippen molar-refractivity contribution in [3.05, 3.63) is 23.8 Å². The molecule has 0 radical (unpaired) electrons. The van der Waals surface area contributed by atoms with Crippen molar-refractivity contribution >= 4 is 0 Å². The van der Waals surface area contributed by atoms with Crippen molar-refractivity contribution in [1.82, 2.24) is 0 Å². The lowest BCUT2D eigenvalue weighted by atomic mass is 10.1. The lowest BCUT2D eigenvalue weighted by Gasteiger charge is -2.01. The highest BCUT2D eigenvalue weighted by atomic mass is 14.2. The predicted molar refractivity (Wildman–Crippen MR) is 50.6 cm³/mol. The van der Waals surface area contributed by atoms with Crippen LogP contribution in [-0.2, 0) is 0 Å². The van der Waals surface area contributed by atoms with Crippen molar-refractivity contribution in [1.29, 1.82) is 0 Å². The second kappa shape index (κ2) is 4.38. The van der Waals surface area contributed by atoms with Crippen molar-refractivity contribution < 1.29 is 0 Å². The van der Waals surface area contributed by atoms with Gasteiger partial charge in [-0.2, -0.15) is 0 Å². The lowest BCUT2D eigenvalue weighted by molar-refractivity contribution is 0.760. The minimum atomic E-state index is 1.28. The number of allylic oxidation sites excluding steroid dienone is 3. The largest absolute Gasteiger partial charge is 0.0988 e. The van der Waals surface area contributed by atoms with Gasteiger partial charge >= 0.3 is 0 Å². The number of unbranched alkanes of at least 4 members (excludes halogenated alkanes) is 1. The van der Waals surface area contributed by atoms with Gasteiger partial charge in [-0.25, -0.2) is 0 Å². The summed E-state index contributed by atoms with van der Waals surface area (Å²) in [7, 11) is 0. The molecule has 0 amide bonds. The van der Waals surface area contributed by atoms with Crippen LogP contribution < -0.4 is 0 Å². The van der Waals surface area contributed by atoms with E-state index in [-0.39, 0.29) is 0 Å². The summed E-state index contributed by atoms with van der Waals surface area (Å²) in [4.78, 5) is 0. The number of hydrogen-bond donors (Lipinski definition) is 0. The lowest BCUT2D eigenvalue weighted by Crippen LogP contribution is -1.81. The maximum atomic E-state index is 3.84. The van der Waals surface area contributed by atoms with E-state index in [1.165, 1.54) is 38.5 Å². The maximum Gasteiger partial charge on any atom is -0.0276 e. The van der Waals surface area contributed by atoms with Gasteiger partial charge in [0.05, 0.1) is 0 Å². The van der Waals surface area contributed by atoms with Crippen molar-refractivity contribution in [2.75, 3.05) is 0 Å². The van der Waals surface area contributed by atoms with Crippen molar-refractivity contribution in [3.63, 3.8) is 0 Å². The van der Waals surface area contributed by atoms with Crippen LogP contribution in [0.15, 0.2) is 23.8 Å². The first-order valence-electron chi connectivity index (χ1n) is 4.71. The smallest absolute Gasteiger partial charge is 0.0276 e. The molecule has 0 N–H and O–H groups in total. The zero-order chi connectivity index (χ0) is 8.10. The fraction of sp³-hybridized carbons (Fsp3) is 0.636. The quantitative estimate of drug-likeness (QED) is 0.571. The van der Waals surface area contributed by atoms with Gasteiger partial charge in [0.25, 0.3) is 0 Å². The summed E-state index contributed by atoms with van der Waals surface area (Å²) in [6.45, 7) is 6.10. The Balaban J connectivity index is 2.45. The van der Waals surface area contributed by atoms with Gasteiger partial charge in [-0.3, -0.25) is 0 Å². The molecule has 0 atom stereocenters. The molecule has 0 spiro atoms. The Bertz CT molecular complexity index is 163. The molecule has 1 rings (SSSR count). The summed E-state index contributed by atoms with van der Waals surface area (Å²) in [5.41, 5.74) is 3.22. The average Bonchev–Trinajstić information content (AvgIpc) is 2.47. The van der Waals surface area contributed by atoms with E-state index in [0.29, 0.717) is 0 Å². The predicted octanol–water partition coefficient (Wildman–Crippen LogP) is 3.84. The Kier molecular flexibility index (Phi) is 3.41. The summed E-state index contributed by atoms with van der Waals surface area (Å²) in [6, 6.07) is 0. The van der Waals surface area contributed by atoms with Crippen LogP contribution in [0.4, 0.5) is 0 Å². The van der Waals surface area contributed by atoms with Crippen LogP contribution in [0.25, 0.3) is 0 Å². The molecule has 11 heavy (non-hydrogen) atoms. The highest BCUT2D eigenvalue weighted by Gasteiger charge is 2.10. The third-order valence-corrected chi connectivity index (χ3v) is 2.46. The Morgan fingerprint density at radius 2 is 2.27 bits per heavy atom. The Labute approximate surface area is 70.0 Å².